The Morgan fingerprint density at radius 2 is 1.41 bits per heavy atom. The van der Waals surface area contributed by atoms with Crippen molar-refractivity contribution >= 4 is 21.8 Å². The number of benzene rings is 5. The van der Waals surface area contributed by atoms with Gasteiger partial charge in [0, 0.05) is 11.0 Å². The van der Waals surface area contributed by atoms with E-state index >= 15 is 0 Å². The number of fused-ring (bicyclic) bond motifs is 3. The van der Waals surface area contributed by atoms with Crippen molar-refractivity contribution in [2.75, 3.05) is 0 Å². The minimum atomic E-state index is -0.139. The van der Waals surface area contributed by atoms with Crippen LogP contribution in [0.3, 0.4) is 0 Å². The van der Waals surface area contributed by atoms with Crippen LogP contribution >= 0.6 is 0 Å². The van der Waals surface area contributed by atoms with Crippen LogP contribution in [0.2, 0.25) is 0 Å². The first-order valence-electron chi connectivity index (χ1n) is 11.8. The van der Waals surface area contributed by atoms with Crippen LogP contribution in [0, 0.1) is 0 Å². The number of aromatic nitrogens is 2. The molecule has 0 unspecified atom stereocenters. The average molecular weight is 437 g/mol. The van der Waals surface area contributed by atoms with E-state index in [-0.39, 0.29) is 5.41 Å². The first kappa shape index (κ1) is 19.3. The molecule has 0 saturated carbocycles. The van der Waals surface area contributed by atoms with Gasteiger partial charge >= 0.3 is 0 Å². The molecular weight excluding hydrogens is 412 g/mol. The maximum atomic E-state index is 5.10. The molecule has 0 radical (unpaired) electrons. The van der Waals surface area contributed by atoms with E-state index in [0.29, 0.717) is 0 Å². The third-order valence-electron chi connectivity index (χ3n) is 7.39. The Bertz CT molecular complexity index is 1720. The van der Waals surface area contributed by atoms with E-state index in [1.165, 1.54) is 44.2 Å². The quantitative estimate of drug-likeness (QED) is 0.268. The minimum Gasteiger partial charge on any atom is -0.292 e. The SMILES string of the molecule is CC1(C)c2cc(-c3cccc4ccccc34)ccc2-n2c(-c3ccccc3)nc3cccc1c32. The van der Waals surface area contributed by atoms with E-state index < -0.39 is 0 Å². The zero-order chi connectivity index (χ0) is 22.9. The smallest absolute Gasteiger partial charge is 0.145 e. The number of nitrogens with zero attached hydrogens (tertiary/aromatic N) is 2. The lowest BCUT2D eigenvalue weighted by molar-refractivity contribution is 0.629. The fourth-order valence-electron chi connectivity index (χ4n) is 5.67. The van der Waals surface area contributed by atoms with Crippen LogP contribution in [0.15, 0.2) is 109 Å². The van der Waals surface area contributed by atoms with Gasteiger partial charge in [-0.2, -0.15) is 0 Å². The number of hydrogen-bond acceptors (Lipinski definition) is 1. The van der Waals surface area contributed by atoms with Gasteiger partial charge in [0.25, 0.3) is 0 Å². The largest absolute Gasteiger partial charge is 0.292 e. The molecule has 0 aliphatic carbocycles. The molecule has 0 amide bonds. The molecule has 0 saturated heterocycles. The molecule has 6 aromatic rings. The fraction of sp³-hybridized carbons (Fsp3) is 0.0938. The highest BCUT2D eigenvalue weighted by atomic mass is 15.1. The molecule has 0 atom stereocenters. The Hall–Kier alpha value is -4.17. The first-order valence-corrected chi connectivity index (χ1v) is 11.8. The van der Waals surface area contributed by atoms with E-state index in [0.717, 1.165) is 16.9 Å². The predicted molar refractivity (Wildman–Crippen MR) is 142 cm³/mol. The van der Waals surface area contributed by atoms with Gasteiger partial charge in [0.15, 0.2) is 0 Å². The molecule has 162 valence electrons. The van der Waals surface area contributed by atoms with Crippen molar-refractivity contribution < 1.29 is 0 Å². The van der Waals surface area contributed by atoms with E-state index in [2.05, 4.69) is 128 Å². The van der Waals surface area contributed by atoms with Gasteiger partial charge in [-0.05, 0) is 51.2 Å². The lowest BCUT2D eigenvalue weighted by Gasteiger charge is -2.35. The van der Waals surface area contributed by atoms with E-state index in [9.17, 15) is 0 Å². The number of rotatable bonds is 2. The van der Waals surface area contributed by atoms with Gasteiger partial charge in [0.05, 0.1) is 16.7 Å². The summed E-state index contributed by atoms with van der Waals surface area (Å²) < 4.78 is 2.37. The molecule has 2 heterocycles. The second-order valence-corrected chi connectivity index (χ2v) is 9.69. The summed E-state index contributed by atoms with van der Waals surface area (Å²) in [4.78, 5) is 5.10. The summed E-state index contributed by atoms with van der Waals surface area (Å²) >= 11 is 0. The molecule has 1 aliphatic rings. The van der Waals surface area contributed by atoms with Crippen molar-refractivity contribution in [2.45, 2.75) is 19.3 Å². The number of imidazole rings is 1. The third-order valence-corrected chi connectivity index (χ3v) is 7.39. The molecule has 1 aliphatic heterocycles. The van der Waals surface area contributed by atoms with Gasteiger partial charge in [-0.3, -0.25) is 4.57 Å². The summed E-state index contributed by atoms with van der Waals surface area (Å²) in [5.74, 6) is 0.998. The first-order chi connectivity index (χ1) is 16.6. The van der Waals surface area contributed by atoms with Gasteiger partial charge in [0.1, 0.15) is 5.82 Å². The Kier molecular flexibility index (Phi) is 3.93. The van der Waals surface area contributed by atoms with Crippen LogP contribution in [0.25, 0.3) is 50.0 Å². The van der Waals surface area contributed by atoms with Crippen molar-refractivity contribution in [2.24, 2.45) is 0 Å². The number of para-hydroxylation sites is 1. The summed E-state index contributed by atoms with van der Waals surface area (Å²) in [6.45, 7) is 4.68. The van der Waals surface area contributed by atoms with E-state index in [1.54, 1.807) is 0 Å². The molecule has 34 heavy (non-hydrogen) atoms. The Morgan fingerprint density at radius 3 is 2.29 bits per heavy atom. The van der Waals surface area contributed by atoms with Gasteiger partial charge < -0.3 is 0 Å². The van der Waals surface area contributed by atoms with E-state index in [4.69, 9.17) is 4.98 Å². The van der Waals surface area contributed by atoms with Crippen molar-refractivity contribution in [3.63, 3.8) is 0 Å². The van der Waals surface area contributed by atoms with Crippen molar-refractivity contribution in [1.82, 2.24) is 9.55 Å². The molecule has 2 heteroatoms. The number of hydrogen-bond donors (Lipinski definition) is 0. The molecule has 2 nitrogen and oxygen atoms in total. The van der Waals surface area contributed by atoms with Crippen LogP contribution in [0.5, 0.6) is 0 Å². The maximum absolute atomic E-state index is 5.10. The second-order valence-electron chi connectivity index (χ2n) is 9.69. The summed E-state index contributed by atoms with van der Waals surface area (Å²) in [6, 6.07) is 39.2. The average Bonchev–Trinajstić information content (AvgIpc) is 3.28. The van der Waals surface area contributed by atoms with Crippen molar-refractivity contribution in [1.29, 1.82) is 0 Å². The molecule has 1 aromatic heterocycles. The monoisotopic (exact) mass is 436 g/mol. The molecule has 0 spiro atoms. The van der Waals surface area contributed by atoms with E-state index in [1.807, 2.05) is 0 Å². The van der Waals surface area contributed by atoms with Gasteiger partial charge in [-0.15, -0.1) is 0 Å². The summed E-state index contributed by atoms with van der Waals surface area (Å²) in [5, 5.41) is 2.55. The highest BCUT2D eigenvalue weighted by molar-refractivity contribution is 5.97. The molecule has 0 bridgehead atoms. The fourth-order valence-corrected chi connectivity index (χ4v) is 5.67. The lowest BCUT2D eigenvalue weighted by atomic mass is 9.74. The topological polar surface area (TPSA) is 17.8 Å². The van der Waals surface area contributed by atoms with Crippen LogP contribution in [-0.4, -0.2) is 9.55 Å². The predicted octanol–water partition coefficient (Wildman–Crippen LogP) is 8.15. The Labute approximate surface area is 199 Å². The van der Waals surface area contributed by atoms with Crippen LogP contribution in [-0.2, 0) is 5.41 Å². The van der Waals surface area contributed by atoms with Gasteiger partial charge in [0.2, 0.25) is 0 Å². The molecular formula is C32H24N2. The standard InChI is InChI=1S/C32H24N2/c1-32(2)26-16-9-17-28-30(26)34(31(33-28)22-11-4-3-5-12-22)29-19-18-23(20-27(29)32)25-15-8-13-21-10-6-7-14-24(21)25/h3-20H,1-2H3. The summed E-state index contributed by atoms with van der Waals surface area (Å²) in [7, 11) is 0. The summed E-state index contributed by atoms with van der Waals surface area (Å²) in [5.41, 5.74) is 9.65. The van der Waals surface area contributed by atoms with Crippen molar-refractivity contribution in [3.05, 3.63) is 120 Å². The molecule has 7 rings (SSSR count). The summed E-state index contributed by atoms with van der Waals surface area (Å²) in [6.07, 6.45) is 0. The maximum Gasteiger partial charge on any atom is 0.145 e. The Morgan fingerprint density at radius 1 is 0.647 bits per heavy atom. The van der Waals surface area contributed by atoms with Gasteiger partial charge in [-0.25, -0.2) is 4.98 Å². The van der Waals surface area contributed by atoms with Crippen LogP contribution in [0.1, 0.15) is 25.0 Å². The third kappa shape index (κ3) is 2.60. The van der Waals surface area contributed by atoms with Gasteiger partial charge in [-0.1, -0.05) is 105 Å². The van der Waals surface area contributed by atoms with Crippen molar-refractivity contribution in [3.8, 4) is 28.2 Å². The highest BCUT2D eigenvalue weighted by Gasteiger charge is 2.35. The normalized spacial score (nSPS) is 13.8. The molecule has 5 aromatic carbocycles. The Balaban J connectivity index is 1.54. The zero-order valence-electron chi connectivity index (χ0n) is 19.3. The zero-order valence-corrected chi connectivity index (χ0v) is 19.3. The molecule has 0 fully saturated rings. The highest BCUT2D eigenvalue weighted by Crippen LogP contribution is 2.47. The van der Waals surface area contributed by atoms with Crippen LogP contribution in [0.4, 0.5) is 0 Å². The molecule has 0 N–H and O–H groups in total. The second kappa shape index (κ2) is 6.91. The lowest BCUT2D eigenvalue weighted by Crippen LogP contribution is -2.26. The van der Waals surface area contributed by atoms with Crippen LogP contribution < -0.4 is 0 Å². The minimum absolute atomic E-state index is 0.139.